The summed E-state index contributed by atoms with van der Waals surface area (Å²) in [6, 6.07) is 8.49. The highest BCUT2D eigenvalue weighted by atomic mass is 16.5. The molecule has 0 N–H and O–H groups in total. The first-order valence-corrected chi connectivity index (χ1v) is 7.89. The van der Waals surface area contributed by atoms with E-state index in [2.05, 4.69) is 24.8 Å². The van der Waals surface area contributed by atoms with Crippen molar-refractivity contribution >= 4 is 11.4 Å². The Kier molecular flexibility index (Phi) is 2.28. The average Bonchev–Trinajstić information content (AvgIpc) is 3.08. The van der Waals surface area contributed by atoms with Crippen LogP contribution < -0.4 is 4.74 Å². The normalized spacial score (nSPS) is 17.6. The minimum atomic E-state index is 0.279. The molecule has 5 rings (SSSR count). The Hall–Kier alpha value is -2.35. The maximum atomic E-state index is 12.1. The van der Waals surface area contributed by atoms with E-state index >= 15 is 0 Å². The first-order valence-electron chi connectivity index (χ1n) is 7.89. The molecule has 0 bridgehead atoms. The molecule has 2 heteroatoms. The lowest BCUT2D eigenvalue weighted by molar-refractivity contribution is 0.0994. The lowest BCUT2D eigenvalue weighted by Crippen LogP contribution is -2.08. The third kappa shape index (κ3) is 1.42. The smallest absolute Gasteiger partial charge is 0.163 e. The lowest BCUT2D eigenvalue weighted by Gasteiger charge is -2.23. The summed E-state index contributed by atoms with van der Waals surface area (Å²) in [5.41, 5.74) is 9.58. The fourth-order valence-corrected chi connectivity index (χ4v) is 4.14. The largest absolute Gasteiger partial charge is 0.492 e. The van der Waals surface area contributed by atoms with Gasteiger partial charge in [-0.05, 0) is 40.7 Å². The molecule has 2 aliphatic carbocycles. The molecule has 1 aliphatic heterocycles. The van der Waals surface area contributed by atoms with Crippen molar-refractivity contribution < 1.29 is 9.53 Å². The van der Waals surface area contributed by atoms with Gasteiger partial charge in [-0.25, -0.2) is 0 Å². The molecular formula is C20H16O2. The highest BCUT2D eigenvalue weighted by molar-refractivity contribution is 6.04. The summed E-state index contributed by atoms with van der Waals surface area (Å²) in [7, 11) is 0. The van der Waals surface area contributed by atoms with Gasteiger partial charge in [0.2, 0.25) is 0 Å². The zero-order valence-corrected chi connectivity index (χ0v) is 12.4. The number of ether oxygens (including phenoxy) is 1. The van der Waals surface area contributed by atoms with Crippen LogP contribution in [0.25, 0.3) is 16.7 Å². The van der Waals surface area contributed by atoms with Crippen molar-refractivity contribution in [2.24, 2.45) is 0 Å². The van der Waals surface area contributed by atoms with Crippen molar-refractivity contribution in [3.8, 4) is 16.9 Å². The molecule has 0 radical (unpaired) electrons. The van der Waals surface area contributed by atoms with E-state index < -0.39 is 0 Å². The van der Waals surface area contributed by atoms with E-state index in [4.69, 9.17) is 4.74 Å². The van der Waals surface area contributed by atoms with Crippen molar-refractivity contribution in [2.45, 2.75) is 25.7 Å². The number of rotatable bonds is 0. The fourth-order valence-electron chi connectivity index (χ4n) is 4.14. The van der Waals surface area contributed by atoms with E-state index in [1.807, 2.05) is 6.07 Å². The summed E-state index contributed by atoms with van der Waals surface area (Å²) in [5, 5.41) is 0. The summed E-state index contributed by atoms with van der Waals surface area (Å²) in [6.07, 6.45) is 3.34. The topological polar surface area (TPSA) is 26.3 Å². The third-order valence-electron chi connectivity index (χ3n) is 5.21. The molecule has 22 heavy (non-hydrogen) atoms. The Morgan fingerprint density at radius 1 is 0.909 bits per heavy atom. The second kappa shape index (κ2) is 4.10. The highest BCUT2D eigenvalue weighted by Crippen LogP contribution is 2.50. The fraction of sp³-hybridized carbons (Fsp3) is 0.250. The standard InChI is InChI=1S/C20H16O2/c1-11-8-9-22-20-14(11)4-2-13-10-12-3-5-15-16(6-7-17(15)21)18(12)19(13)20/h2-5H,1,6-10H2. The van der Waals surface area contributed by atoms with Crippen LogP contribution >= 0.6 is 0 Å². The second-order valence-corrected chi connectivity index (χ2v) is 6.40. The zero-order valence-electron chi connectivity index (χ0n) is 12.4. The summed E-state index contributed by atoms with van der Waals surface area (Å²) < 4.78 is 6.03. The Balaban J connectivity index is 1.84. The second-order valence-electron chi connectivity index (χ2n) is 6.40. The van der Waals surface area contributed by atoms with Crippen LogP contribution in [0.2, 0.25) is 0 Å². The van der Waals surface area contributed by atoms with Gasteiger partial charge >= 0.3 is 0 Å². The van der Waals surface area contributed by atoms with Crippen molar-refractivity contribution in [1.29, 1.82) is 0 Å². The average molecular weight is 288 g/mol. The molecular weight excluding hydrogens is 272 g/mol. The number of hydrogen-bond acceptors (Lipinski definition) is 2. The lowest BCUT2D eigenvalue weighted by atomic mass is 9.91. The van der Waals surface area contributed by atoms with Gasteiger partial charge in [0.15, 0.2) is 5.78 Å². The van der Waals surface area contributed by atoms with Gasteiger partial charge in [-0.1, -0.05) is 30.8 Å². The molecule has 0 spiro atoms. The molecule has 0 unspecified atom stereocenters. The van der Waals surface area contributed by atoms with E-state index in [-0.39, 0.29) is 5.78 Å². The molecule has 2 nitrogen and oxygen atoms in total. The molecule has 0 fully saturated rings. The number of Topliss-reactive ketones (excluding diaryl/α,β-unsaturated/α-hetero) is 1. The SMILES string of the molecule is C=C1CCOc2c1ccc1c2-c2c(ccc3c2CCC3=O)C1. The number of hydrogen-bond donors (Lipinski definition) is 0. The van der Waals surface area contributed by atoms with Crippen molar-refractivity contribution in [3.63, 3.8) is 0 Å². The van der Waals surface area contributed by atoms with Crippen LogP contribution in [0.5, 0.6) is 5.75 Å². The van der Waals surface area contributed by atoms with Gasteiger partial charge in [0.25, 0.3) is 0 Å². The van der Waals surface area contributed by atoms with Crippen LogP contribution in [0.1, 0.15) is 45.5 Å². The third-order valence-corrected chi connectivity index (χ3v) is 5.21. The minimum absolute atomic E-state index is 0.279. The van der Waals surface area contributed by atoms with Gasteiger partial charge in [0, 0.05) is 29.5 Å². The Morgan fingerprint density at radius 3 is 2.55 bits per heavy atom. The van der Waals surface area contributed by atoms with Gasteiger partial charge in [0.1, 0.15) is 5.75 Å². The van der Waals surface area contributed by atoms with Crippen LogP contribution in [0.3, 0.4) is 0 Å². The predicted octanol–water partition coefficient (Wildman–Crippen LogP) is 4.18. The quantitative estimate of drug-likeness (QED) is 0.620. The number of fused-ring (bicyclic) bond motifs is 7. The Bertz CT molecular complexity index is 874. The van der Waals surface area contributed by atoms with Gasteiger partial charge in [-0.15, -0.1) is 0 Å². The maximum Gasteiger partial charge on any atom is 0.163 e. The molecule has 0 amide bonds. The number of benzene rings is 2. The van der Waals surface area contributed by atoms with E-state index in [1.54, 1.807) is 0 Å². The summed E-state index contributed by atoms with van der Waals surface area (Å²) >= 11 is 0. The molecule has 108 valence electrons. The molecule has 0 atom stereocenters. The highest BCUT2D eigenvalue weighted by Gasteiger charge is 2.32. The van der Waals surface area contributed by atoms with Crippen LogP contribution in [0, 0.1) is 0 Å². The van der Waals surface area contributed by atoms with E-state index in [1.165, 1.54) is 27.8 Å². The first-order chi connectivity index (χ1) is 10.7. The van der Waals surface area contributed by atoms with E-state index in [0.717, 1.165) is 41.7 Å². The Labute approximate surface area is 129 Å². The van der Waals surface area contributed by atoms with Crippen LogP contribution in [-0.4, -0.2) is 12.4 Å². The summed E-state index contributed by atoms with van der Waals surface area (Å²) in [6.45, 7) is 4.89. The van der Waals surface area contributed by atoms with Gasteiger partial charge in [-0.2, -0.15) is 0 Å². The monoisotopic (exact) mass is 288 g/mol. The van der Waals surface area contributed by atoms with Crippen LogP contribution in [0.15, 0.2) is 30.8 Å². The zero-order chi connectivity index (χ0) is 14.8. The summed E-state index contributed by atoms with van der Waals surface area (Å²) in [4.78, 5) is 12.1. The molecule has 1 heterocycles. The molecule has 0 aromatic heterocycles. The van der Waals surface area contributed by atoms with Gasteiger partial charge < -0.3 is 4.74 Å². The van der Waals surface area contributed by atoms with E-state index in [9.17, 15) is 4.79 Å². The first kappa shape index (κ1) is 12.2. The predicted molar refractivity (Wildman–Crippen MR) is 86.5 cm³/mol. The van der Waals surface area contributed by atoms with Crippen molar-refractivity contribution in [3.05, 3.63) is 58.7 Å². The maximum absolute atomic E-state index is 12.1. The van der Waals surface area contributed by atoms with Crippen LogP contribution in [-0.2, 0) is 12.8 Å². The van der Waals surface area contributed by atoms with Crippen molar-refractivity contribution in [1.82, 2.24) is 0 Å². The van der Waals surface area contributed by atoms with Crippen molar-refractivity contribution in [2.75, 3.05) is 6.61 Å². The minimum Gasteiger partial charge on any atom is -0.492 e. The number of ketones is 1. The number of carbonyl (C=O) groups is 1. The molecule has 3 aliphatic rings. The molecule has 2 aromatic carbocycles. The molecule has 2 aromatic rings. The molecule has 0 saturated carbocycles. The van der Waals surface area contributed by atoms with Crippen LogP contribution in [0.4, 0.5) is 0 Å². The molecule has 0 saturated heterocycles. The summed E-state index contributed by atoms with van der Waals surface area (Å²) in [5.74, 6) is 1.27. The van der Waals surface area contributed by atoms with E-state index in [0.29, 0.717) is 13.0 Å². The Morgan fingerprint density at radius 2 is 1.68 bits per heavy atom. The van der Waals surface area contributed by atoms with Gasteiger partial charge in [-0.3, -0.25) is 4.79 Å². The van der Waals surface area contributed by atoms with Gasteiger partial charge in [0.05, 0.1) is 6.61 Å². The number of carbonyl (C=O) groups excluding carboxylic acids is 1.